The highest BCUT2D eigenvalue weighted by atomic mass is 16.2. The van der Waals surface area contributed by atoms with Crippen molar-refractivity contribution in [3.8, 4) is 0 Å². The fraction of sp³-hybridized carbons (Fsp3) is 0.278. The highest BCUT2D eigenvalue weighted by molar-refractivity contribution is 5.93. The number of aryl methyl sites for hydroxylation is 1. The maximum Gasteiger partial charge on any atom is 0.226 e. The van der Waals surface area contributed by atoms with E-state index in [1.54, 1.807) is 0 Å². The first-order chi connectivity index (χ1) is 9.81. The fourth-order valence-electron chi connectivity index (χ4n) is 2.28. The minimum Gasteiger partial charge on any atom is -0.312 e. The van der Waals surface area contributed by atoms with Crippen molar-refractivity contribution in [2.45, 2.75) is 26.2 Å². The quantitative estimate of drug-likeness (QED) is 0.772. The van der Waals surface area contributed by atoms with Gasteiger partial charge >= 0.3 is 0 Å². The highest BCUT2D eigenvalue weighted by Gasteiger charge is 2.12. The molecule has 0 N–H and O–H groups in total. The molecule has 0 saturated carbocycles. The van der Waals surface area contributed by atoms with Gasteiger partial charge in [-0.05, 0) is 30.5 Å². The first-order valence-corrected chi connectivity index (χ1v) is 7.20. The lowest BCUT2D eigenvalue weighted by atomic mass is 10.1. The predicted octanol–water partition coefficient (Wildman–Crippen LogP) is 4.06. The second-order valence-electron chi connectivity index (χ2n) is 4.82. The summed E-state index contributed by atoms with van der Waals surface area (Å²) in [6, 6.07) is 20.3. The summed E-state index contributed by atoms with van der Waals surface area (Å²) in [5.41, 5.74) is 2.32. The molecule has 0 saturated heterocycles. The van der Waals surface area contributed by atoms with Crippen LogP contribution in [0, 0.1) is 0 Å². The van der Waals surface area contributed by atoms with Gasteiger partial charge in [0, 0.05) is 18.7 Å². The van der Waals surface area contributed by atoms with Crippen LogP contribution in [0.25, 0.3) is 0 Å². The zero-order valence-corrected chi connectivity index (χ0v) is 12.0. The summed E-state index contributed by atoms with van der Waals surface area (Å²) in [5, 5.41) is 0. The molecular formula is C18H21NO. The van der Waals surface area contributed by atoms with E-state index < -0.39 is 0 Å². The van der Waals surface area contributed by atoms with Crippen molar-refractivity contribution in [3.05, 3.63) is 66.2 Å². The Morgan fingerprint density at radius 3 is 2.15 bits per heavy atom. The van der Waals surface area contributed by atoms with Gasteiger partial charge in [-0.3, -0.25) is 4.79 Å². The number of anilines is 1. The zero-order valence-electron chi connectivity index (χ0n) is 12.0. The van der Waals surface area contributed by atoms with Gasteiger partial charge in [0.2, 0.25) is 5.91 Å². The number of carbonyl (C=O) groups excluding carboxylic acids is 1. The maximum atomic E-state index is 12.1. The van der Waals surface area contributed by atoms with Crippen molar-refractivity contribution < 1.29 is 4.79 Å². The van der Waals surface area contributed by atoms with Gasteiger partial charge < -0.3 is 4.90 Å². The van der Waals surface area contributed by atoms with Crippen LogP contribution in [0.5, 0.6) is 0 Å². The molecule has 20 heavy (non-hydrogen) atoms. The molecular weight excluding hydrogens is 246 g/mol. The zero-order chi connectivity index (χ0) is 14.2. The largest absolute Gasteiger partial charge is 0.312 e. The van der Waals surface area contributed by atoms with Crippen LogP contribution in [0.4, 0.5) is 5.69 Å². The van der Waals surface area contributed by atoms with E-state index in [2.05, 4.69) is 24.3 Å². The second-order valence-corrected chi connectivity index (χ2v) is 4.82. The summed E-state index contributed by atoms with van der Waals surface area (Å²) >= 11 is 0. The lowest BCUT2D eigenvalue weighted by Crippen LogP contribution is -2.31. The van der Waals surface area contributed by atoms with Gasteiger partial charge in [-0.2, -0.15) is 0 Å². The van der Waals surface area contributed by atoms with Crippen molar-refractivity contribution in [1.29, 1.82) is 0 Å². The molecule has 0 atom stereocenters. The Balaban J connectivity index is 1.97. The van der Waals surface area contributed by atoms with E-state index in [9.17, 15) is 4.79 Å². The number of hydrogen-bond acceptors (Lipinski definition) is 1. The first-order valence-electron chi connectivity index (χ1n) is 7.20. The molecule has 0 heterocycles. The number of rotatable bonds is 6. The molecule has 1 amide bonds. The number of para-hydroxylation sites is 1. The molecule has 0 unspecified atom stereocenters. The molecule has 0 radical (unpaired) electrons. The Morgan fingerprint density at radius 2 is 1.55 bits per heavy atom. The number of nitrogens with zero attached hydrogens (tertiary/aromatic N) is 1. The molecule has 2 rings (SSSR count). The van der Waals surface area contributed by atoms with Crippen LogP contribution in [0.2, 0.25) is 0 Å². The van der Waals surface area contributed by atoms with E-state index >= 15 is 0 Å². The maximum absolute atomic E-state index is 12.1. The van der Waals surface area contributed by atoms with Crippen molar-refractivity contribution >= 4 is 11.6 Å². The average Bonchev–Trinajstić information content (AvgIpc) is 2.53. The lowest BCUT2D eigenvalue weighted by molar-refractivity contribution is -0.118. The Hall–Kier alpha value is -2.09. The number of amides is 1. The molecule has 104 valence electrons. The number of carbonyl (C=O) groups is 1. The van der Waals surface area contributed by atoms with Crippen LogP contribution in [0.1, 0.15) is 25.3 Å². The van der Waals surface area contributed by atoms with Crippen molar-refractivity contribution in [1.82, 2.24) is 0 Å². The summed E-state index contributed by atoms with van der Waals surface area (Å²) in [6.07, 6.45) is 2.52. The van der Waals surface area contributed by atoms with E-state index in [4.69, 9.17) is 0 Å². The minimum absolute atomic E-state index is 0.185. The summed E-state index contributed by atoms with van der Waals surface area (Å²) in [6.45, 7) is 2.68. The summed E-state index contributed by atoms with van der Waals surface area (Å²) in [7, 11) is 0. The van der Waals surface area contributed by atoms with Gasteiger partial charge in [-0.1, -0.05) is 55.5 Å². The molecule has 0 aromatic heterocycles. The van der Waals surface area contributed by atoms with Crippen LogP contribution in [0.15, 0.2) is 60.7 Å². The van der Waals surface area contributed by atoms with E-state index in [-0.39, 0.29) is 5.91 Å². The molecule has 0 aliphatic heterocycles. The molecule has 2 nitrogen and oxygen atoms in total. The molecule has 2 aromatic carbocycles. The van der Waals surface area contributed by atoms with E-state index in [1.807, 2.05) is 48.2 Å². The monoisotopic (exact) mass is 267 g/mol. The summed E-state index contributed by atoms with van der Waals surface area (Å²) in [5.74, 6) is 0.185. The molecule has 2 heteroatoms. The van der Waals surface area contributed by atoms with Crippen molar-refractivity contribution in [2.24, 2.45) is 0 Å². The summed E-state index contributed by atoms with van der Waals surface area (Å²) < 4.78 is 0. The van der Waals surface area contributed by atoms with Crippen LogP contribution < -0.4 is 4.90 Å². The number of hydrogen-bond donors (Lipinski definition) is 0. The van der Waals surface area contributed by atoms with E-state index in [0.29, 0.717) is 6.42 Å². The SMILES string of the molecule is CCC(=O)N(CCCc1ccccc1)c1ccccc1. The Morgan fingerprint density at radius 1 is 0.950 bits per heavy atom. The van der Waals surface area contributed by atoms with Gasteiger partial charge in [0.05, 0.1) is 0 Å². The normalized spacial score (nSPS) is 10.2. The third kappa shape index (κ3) is 3.95. The standard InChI is InChI=1S/C18H21NO/c1-2-18(20)19(17-13-7-4-8-14-17)15-9-12-16-10-5-3-6-11-16/h3-8,10-11,13-14H,2,9,12,15H2,1H3. The van der Waals surface area contributed by atoms with Crippen molar-refractivity contribution in [2.75, 3.05) is 11.4 Å². The summed E-state index contributed by atoms with van der Waals surface area (Å²) in [4.78, 5) is 14.0. The molecule has 0 fully saturated rings. The molecule has 0 aliphatic rings. The molecule has 0 bridgehead atoms. The smallest absolute Gasteiger partial charge is 0.226 e. The fourth-order valence-corrected chi connectivity index (χ4v) is 2.28. The average molecular weight is 267 g/mol. The van der Waals surface area contributed by atoms with Gasteiger partial charge in [-0.25, -0.2) is 0 Å². The highest BCUT2D eigenvalue weighted by Crippen LogP contribution is 2.15. The van der Waals surface area contributed by atoms with Gasteiger partial charge in [0.15, 0.2) is 0 Å². The third-order valence-electron chi connectivity index (χ3n) is 3.36. The Kier molecular flexibility index (Phi) is 5.36. The third-order valence-corrected chi connectivity index (χ3v) is 3.36. The van der Waals surface area contributed by atoms with Crippen LogP contribution in [-0.2, 0) is 11.2 Å². The topological polar surface area (TPSA) is 20.3 Å². The number of benzene rings is 2. The van der Waals surface area contributed by atoms with Gasteiger partial charge in [0.1, 0.15) is 0 Å². The van der Waals surface area contributed by atoms with E-state index in [0.717, 1.165) is 25.1 Å². The molecule has 0 aliphatic carbocycles. The first kappa shape index (κ1) is 14.3. The van der Waals surface area contributed by atoms with E-state index in [1.165, 1.54) is 5.56 Å². The van der Waals surface area contributed by atoms with Crippen LogP contribution in [0.3, 0.4) is 0 Å². The predicted molar refractivity (Wildman–Crippen MR) is 83.8 cm³/mol. The molecule has 0 spiro atoms. The van der Waals surface area contributed by atoms with Crippen LogP contribution in [-0.4, -0.2) is 12.5 Å². The van der Waals surface area contributed by atoms with Crippen molar-refractivity contribution in [3.63, 3.8) is 0 Å². The minimum atomic E-state index is 0.185. The van der Waals surface area contributed by atoms with Gasteiger partial charge in [0.25, 0.3) is 0 Å². The lowest BCUT2D eigenvalue weighted by Gasteiger charge is -2.22. The van der Waals surface area contributed by atoms with Crippen LogP contribution >= 0.6 is 0 Å². The second kappa shape index (κ2) is 7.49. The Bertz CT molecular complexity index is 522. The van der Waals surface area contributed by atoms with Gasteiger partial charge in [-0.15, -0.1) is 0 Å². The molecule has 2 aromatic rings. The Labute approximate surface area is 121 Å².